The normalized spacial score (nSPS) is 14.7. The Labute approximate surface area is 196 Å². The molecule has 1 unspecified atom stereocenters. The molecule has 0 aliphatic rings. The lowest BCUT2D eigenvalue weighted by molar-refractivity contribution is -0.228. The number of carbonyl (C=O) groups is 1. The van der Waals surface area contributed by atoms with Crippen LogP contribution >= 0.6 is 7.75 Å². The highest BCUT2D eigenvalue weighted by atomic mass is 31.2. The second kappa shape index (κ2) is 11.2. The molecule has 0 radical (unpaired) electrons. The van der Waals surface area contributed by atoms with Gasteiger partial charge in [-0.1, -0.05) is 18.2 Å². The van der Waals surface area contributed by atoms with Crippen molar-refractivity contribution in [2.24, 2.45) is 0 Å². The van der Waals surface area contributed by atoms with E-state index in [2.05, 4.69) is 9.61 Å². The number of aryl methyl sites for hydroxylation is 1. The first-order valence-electron chi connectivity index (χ1n) is 10.2. The van der Waals surface area contributed by atoms with Crippen LogP contribution in [0.2, 0.25) is 0 Å². The predicted octanol–water partition coefficient (Wildman–Crippen LogP) is 2.86. The Kier molecular flexibility index (Phi) is 9.04. The van der Waals surface area contributed by atoms with E-state index >= 15 is 0 Å². The van der Waals surface area contributed by atoms with Gasteiger partial charge in [0.15, 0.2) is 0 Å². The molecule has 2 rings (SSSR count). The van der Waals surface area contributed by atoms with Crippen molar-refractivity contribution >= 4 is 13.7 Å². The van der Waals surface area contributed by atoms with Crippen molar-refractivity contribution in [3.63, 3.8) is 0 Å². The summed E-state index contributed by atoms with van der Waals surface area (Å²) in [6.07, 6.45) is 0.706. The van der Waals surface area contributed by atoms with Crippen molar-refractivity contribution in [2.45, 2.75) is 45.2 Å². The molecule has 0 saturated heterocycles. The second-order valence-corrected chi connectivity index (χ2v) is 9.08. The maximum Gasteiger partial charge on any atom is 0.459 e. The van der Waals surface area contributed by atoms with Crippen LogP contribution in [0.3, 0.4) is 0 Å². The van der Waals surface area contributed by atoms with Gasteiger partial charge in [0, 0.05) is 11.8 Å². The minimum atomic E-state index is -4.96. The fourth-order valence-electron chi connectivity index (χ4n) is 2.60. The molecule has 194 valence electrons. The number of para-hydroxylation sites is 1. The molecule has 0 saturated carbocycles. The number of ether oxygens (including phenoxy) is 1. The van der Waals surface area contributed by atoms with Crippen molar-refractivity contribution < 1.29 is 40.7 Å². The third-order valence-electron chi connectivity index (χ3n) is 4.47. The van der Waals surface area contributed by atoms with Crippen LogP contribution in [0.1, 0.15) is 19.4 Å². The minimum absolute atomic E-state index is 0.0383. The summed E-state index contributed by atoms with van der Waals surface area (Å²) in [6, 6.07) is 5.71. The predicted molar refractivity (Wildman–Crippen MR) is 116 cm³/mol. The first kappa shape index (κ1) is 28.3. The van der Waals surface area contributed by atoms with Crippen LogP contribution in [0.25, 0.3) is 0 Å². The Morgan fingerprint density at radius 1 is 1.17 bits per heavy atom. The number of alkyl halides is 4. The van der Waals surface area contributed by atoms with Gasteiger partial charge >= 0.3 is 31.3 Å². The van der Waals surface area contributed by atoms with E-state index in [4.69, 9.17) is 9.26 Å². The van der Waals surface area contributed by atoms with Crippen molar-refractivity contribution in [1.29, 1.82) is 0 Å². The third kappa shape index (κ3) is 7.51. The molecule has 0 spiro atoms. The summed E-state index contributed by atoms with van der Waals surface area (Å²) >= 11 is 0. The molecule has 35 heavy (non-hydrogen) atoms. The van der Waals surface area contributed by atoms with Crippen LogP contribution in [-0.2, 0) is 25.2 Å². The average Bonchev–Trinajstić information content (AvgIpc) is 2.76. The number of halogens is 4. The molecule has 0 bridgehead atoms. The van der Waals surface area contributed by atoms with Crippen LogP contribution < -0.4 is 20.9 Å². The fourth-order valence-corrected chi connectivity index (χ4v) is 4.10. The van der Waals surface area contributed by atoms with Crippen LogP contribution in [0.15, 0.2) is 46.1 Å². The van der Waals surface area contributed by atoms with Crippen LogP contribution in [0, 0.1) is 6.92 Å². The molecular weight excluding hydrogens is 501 g/mol. The molecule has 1 aromatic heterocycles. The molecule has 15 heteroatoms. The maximum absolute atomic E-state index is 14.5. The number of H-pyrrole nitrogens is 1. The molecule has 2 atom stereocenters. The average molecular weight is 525 g/mol. The van der Waals surface area contributed by atoms with Gasteiger partial charge in [-0.3, -0.25) is 23.7 Å². The first-order valence-corrected chi connectivity index (χ1v) is 11.7. The summed E-state index contributed by atoms with van der Waals surface area (Å²) in [6.45, 7) is -0.0791. The lowest BCUT2D eigenvalue weighted by Crippen LogP contribution is -2.49. The van der Waals surface area contributed by atoms with E-state index < -0.39 is 56.0 Å². The molecular formula is C20H24F4N3O7P. The van der Waals surface area contributed by atoms with Crippen LogP contribution in [0.5, 0.6) is 5.75 Å². The zero-order chi connectivity index (χ0) is 26.4. The van der Waals surface area contributed by atoms with E-state index in [9.17, 15) is 36.5 Å². The Bertz CT molecular complexity index is 1190. The highest BCUT2D eigenvalue weighted by Gasteiger charge is 2.58. The molecule has 2 aromatic rings. The summed E-state index contributed by atoms with van der Waals surface area (Å²) in [5.74, 6) is -10.9. The number of aromatic nitrogens is 2. The number of aromatic amines is 1. The molecule has 0 aliphatic carbocycles. The van der Waals surface area contributed by atoms with E-state index in [0.717, 1.165) is 0 Å². The van der Waals surface area contributed by atoms with Gasteiger partial charge in [0.1, 0.15) is 18.4 Å². The maximum atomic E-state index is 14.5. The summed E-state index contributed by atoms with van der Waals surface area (Å²) in [7, 11) is -4.83. The summed E-state index contributed by atoms with van der Waals surface area (Å²) in [5.41, 5.74) is -2.33. The van der Waals surface area contributed by atoms with Gasteiger partial charge in [0.2, 0.25) is 0 Å². The number of hydrogen-bond acceptors (Lipinski definition) is 7. The zero-order valence-electron chi connectivity index (χ0n) is 18.9. The highest BCUT2D eigenvalue weighted by molar-refractivity contribution is 7.52. The smallest absolute Gasteiger partial charge is 0.459 e. The van der Waals surface area contributed by atoms with E-state index in [1.165, 1.54) is 45.0 Å². The van der Waals surface area contributed by atoms with Gasteiger partial charge in [-0.25, -0.2) is 9.36 Å². The van der Waals surface area contributed by atoms with Gasteiger partial charge in [-0.05, 0) is 32.9 Å². The van der Waals surface area contributed by atoms with Crippen molar-refractivity contribution in [2.75, 3.05) is 13.2 Å². The van der Waals surface area contributed by atoms with Crippen molar-refractivity contribution in [3.8, 4) is 5.75 Å². The number of carbonyl (C=O) groups excluding carboxylic acids is 1. The molecule has 0 fully saturated rings. The number of hydrogen-bond donors (Lipinski definition) is 2. The van der Waals surface area contributed by atoms with Gasteiger partial charge < -0.3 is 9.26 Å². The summed E-state index contributed by atoms with van der Waals surface area (Å²) in [5, 5.41) is 2.09. The lowest BCUT2D eigenvalue weighted by atomic mass is 10.2. The quantitative estimate of drug-likeness (QED) is 0.246. The standard InChI is InChI=1S/C20H24F4N3O7P/c1-4-32-17(29)14(3)26-35(31,34-15-8-6-5-7-9-15)33-12-20(23,24)19(21,22)11-27-10-13(2)16(28)25-18(27)30/h5-10,14H,4,11-12H2,1-3H3,(H,26,31)(H,25,28,30)/t14-,35?/m0/s1. The topological polar surface area (TPSA) is 129 Å². The van der Waals surface area contributed by atoms with Crippen LogP contribution in [0.4, 0.5) is 17.6 Å². The summed E-state index contributed by atoms with van der Waals surface area (Å²) in [4.78, 5) is 36.7. The van der Waals surface area contributed by atoms with E-state index in [-0.39, 0.29) is 22.5 Å². The molecule has 0 aliphatic heterocycles. The van der Waals surface area contributed by atoms with Crippen molar-refractivity contribution in [3.05, 3.63) is 62.9 Å². The summed E-state index contributed by atoms with van der Waals surface area (Å²) < 4.78 is 85.9. The Hall–Kier alpha value is -2.96. The number of nitrogens with zero attached hydrogens (tertiary/aromatic N) is 1. The SMILES string of the molecule is CCOC(=O)[C@H](C)NP(=O)(OCC(F)(F)C(F)(F)Cn1cc(C)c(=O)[nH]c1=O)Oc1ccccc1. The van der Waals surface area contributed by atoms with Gasteiger partial charge in [0.05, 0.1) is 13.2 Å². The minimum Gasteiger partial charge on any atom is -0.465 e. The van der Waals surface area contributed by atoms with E-state index in [0.29, 0.717) is 6.20 Å². The van der Waals surface area contributed by atoms with E-state index in [1.807, 2.05) is 0 Å². The third-order valence-corrected chi connectivity index (χ3v) is 6.09. The Balaban J connectivity index is 2.25. The molecule has 1 heterocycles. The van der Waals surface area contributed by atoms with E-state index in [1.54, 1.807) is 11.1 Å². The first-order chi connectivity index (χ1) is 16.2. The molecule has 10 nitrogen and oxygen atoms in total. The van der Waals surface area contributed by atoms with Crippen molar-refractivity contribution in [1.82, 2.24) is 14.6 Å². The number of esters is 1. The van der Waals surface area contributed by atoms with Crippen LogP contribution in [-0.4, -0.2) is 46.6 Å². The Morgan fingerprint density at radius 3 is 2.40 bits per heavy atom. The zero-order valence-corrected chi connectivity index (χ0v) is 19.8. The monoisotopic (exact) mass is 525 g/mol. The number of rotatable bonds is 12. The lowest BCUT2D eigenvalue weighted by Gasteiger charge is -2.29. The number of nitrogens with one attached hydrogen (secondary N) is 2. The number of benzene rings is 1. The highest BCUT2D eigenvalue weighted by Crippen LogP contribution is 2.47. The fraction of sp³-hybridized carbons (Fsp3) is 0.450. The largest absolute Gasteiger partial charge is 0.465 e. The second-order valence-electron chi connectivity index (χ2n) is 7.39. The molecule has 2 N–H and O–H groups in total. The molecule has 1 aromatic carbocycles. The Morgan fingerprint density at radius 2 is 1.80 bits per heavy atom. The van der Waals surface area contributed by atoms with Gasteiger partial charge in [-0.2, -0.15) is 22.6 Å². The van der Waals surface area contributed by atoms with Gasteiger partial charge in [-0.15, -0.1) is 0 Å². The van der Waals surface area contributed by atoms with Gasteiger partial charge in [0.25, 0.3) is 5.56 Å². The molecule has 0 amide bonds.